The van der Waals surface area contributed by atoms with Crippen molar-refractivity contribution in [3.05, 3.63) is 146 Å². The minimum atomic E-state index is 0.706. The fourth-order valence-electron chi connectivity index (χ4n) is 6.27. The van der Waals surface area contributed by atoms with E-state index in [2.05, 4.69) is 137 Å². The van der Waals surface area contributed by atoms with E-state index in [1.54, 1.807) is 11.3 Å². The van der Waals surface area contributed by atoms with Gasteiger partial charge < -0.3 is 4.57 Å². The van der Waals surface area contributed by atoms with Crippen molar-refractivity contribution < 1.29 is 0 Å². The fourth-order valence-corrected chi connectivity index (χ4v) is 7.43. The van der Waals surface area contributed by atoms with Gasteiger partial charge >= 0.3 is 0 Å². The number of hydrogen-bond donors (Lipinski definition) is 0. The van der Waals surface area contributed by atoms with E-state index < -0.39 is 0 Å². The summed E-state index contributed by atoms with van der Waals surface area (Å²) in [4.78, 5) is 15.1. The van der Waals surface area contributed by atoms with Gasteiger partial charge in [-0.1, -0.05) is 97.1 Å². The van der Waals surface area contributed by atoms with Crippen molar-refractivity contribution in [2.24, 2.45) is 0 Å². The quantitative estimate of drug-likeness (QED) is 0.208. The van der Waals surface area contributed by atoms with Crippen LogP contribution >= 0.6 is 11.3 Å². The minimum absolute atomic E-state index is 0.706. The zero-order valence-electron chi connectivity index (χ0n) is 23.6. The third-order valence-corrected chi connectivity index (χ3v) is 9.45. The molecule has 0 saturated heterocycles. The van der Waals surface area contributed by atoms with Crippen LogP contribution in [0.3, 0.4) is 0 Å². The molecule has 0 atom stereocenters. The van der Waals surface area contributed by atoms with E-state index in [1.807, 2.05) is 18.5 Å². The minimum Gasteiger partial charge on any atom is -0.308 e. The Morgan fingerprint density at radius 3 is 2.05 bits per heavy atom. The SMILES string of the molecule is c1ccc(-c2cc(-c3nc(-c4ccccc4)c4sc5ccccc5c4n3)cc(-n3c4ccccc4c4ccncc43)c2)cc1. The van der Waals surface area contributed by atoms with Gasteiger partial charge in [-0.05, 0) is 47.5 Å². The predicted octanol–water partition coefficient (Wildman–Crippen LogP) is 10.3. The molecule has 0 bridgehead atoms. The monoisotopic (exact) mass is 580 g/mol. The van der Waals surface area contributed by atoms with Gasteiger partial charge in [0.15, 0.2) is 5.82 Å². The van der Waals surface area contributed by atoms with Gasteiger partial charge in [0.1, 0.15) is 0 Å². The van der Waals surface area contributed by atoms with Crippen LogP contribution in [0.25, 0.3) is 81.6 Å². The molecule has 0 saturated carbocycles. The number of nitrogens with zero attached hydrogens (tertiary/aromatic N) is 4. The maximum atomic E-state index is 5.30. The van der Waals surface area contributed by atoms with Crippen LogP contribution in [0.4, 0.5) is 0 Å². The molecule has 0 radical (unpaired) electrons. The highest BCUT2D eigenvalue weighted by Gasteiger charge is 2.19. The third kappa shape index (κ3) is 3.94. The first-order valence-corrected chi connectivity index (χ1v) is 15.4. The number of pyridine rings is 1. The summed E-state index contributed by atoms with van der Waals surface area (Å²) in [7, 11) is 0. The van der Waals surface area contributed by atoms with Crippen molar-refractivity contribution >= 4 is 53.4 Å². The number of rotatable bonds is 4. The van der Waals surface area contributed by atoms with E-state index in [1.165, 1.54) is 15.5 Å². The number of hydrogen-bond acceptors (Lipinski definition) is 4. The lowest BCUT2D eigenvalue weighted by atomic mass is 10.0. The van der Waals surface area contributed by atoms with E-state index in [0.29, 0.717) is 5.82 Å². The standard InChI is InChI=1S/C39H24N4S/c1-3-11-25(12-4-1)27-21-28(23-29(22-27)43-33-17-9-7-15-30(33)31-19-20-40-24-34(31)43)39-41-36(26-13-5-2-6-14-26)38-37(42-39)32-16-8-10-18-35(32)44-38/h1-24H. The molecule has 0 amide bonds. The molecule has 0 aliphatic rings. The molecule has 0 aliphatic carbocycles. The number of fused-ring (bicyclic) bond motifs is 6. The Bertz CT molecular complexity index is 2440. The van der Waals surface area contributed by atoms with E-state index in [9.17, 15) is 0 Å². The average Bonchev–Trinajstić information content (AvgIpc) is 3.64. The van der Waals surface area contributed by atoms with Crippen molar-refractivity contribution in [2.75, 3.05) is 0 Å². The van der Waals surface area contributed by atoms with Gasteiger partial charge in [-0.3, -0.25) is 4.98 Å². The summed E-state index contributed by atoms with van der Waals surface area (Å²) in [5.74, 6) is 0.706. The first-order valence-electron chi connectivity index (χ1n) is 14.6. The van der Waals surface area contributed by atoms with Crippen LogP contribution in [0.1, 0.15) is 0 Å². The maximum Gasteiger partial charge on any atom is 0.160 e. The number of thiophene rings is 1. The fraction of sp³-hybridized carbons (Fsp3) is 0. The Morgan fingerprint density at radius 2 is 1.20 bits per heavy atom. The molecule has 0 fully saturated rings. The average molecular weight is 581 g/mol. The van der Waals surface area contributed by atoms with E-state index in [4.69, 9.17) is 9.97 Å². The summed E-state index contributed by atoms with van der Waals surface area (Å²) < 4.78 is 4.63. The molecule has 5 aromatic carbocycles. The molecule has 4 nitrogen and oxygen atoms in total. The zero-order chi connectivity index (χ0) is 29.0. The highest BCUT2D eigenvalue weighted by atomic mass is 32.1. The smallest absolute Gasteiger partial charge is 0.160 e. The molecule has 5 heteroatoms. The van der Waals surface area contributed by atoms with Gasteiger partial charge in [0.2, 0.25) is 0 Å². The molecule has 4 heterocycles. The summed E-state index contributed by atoms with van der Waals surface area (Å²) in [5, 5.41) is 3.53. The van der Waals surface area contributed by atoms with Crippen molar-refractivity contribution in [3.8, 4) is 39.5 Å². The van der Waals surface area contributed by atoms with Gasteiger partial charge in [-0.2, -0.15) is 0 Å². The lowest BCUT2D eigenvalue weighted by Gasteiger charge is -2.14. The van der Waals surface area contributed by atoms with E-state index in [0.717, 1.165) is 60.3 Å². The lowest BCUT2D eigenvalue weighted by molar-refractivity contribution is 1.16. The summed E-state index contributed by atoms with van der Waals surface area (Å²) in [6, 6.07) is 46.8. The number of aromatic nitrogens is 4. The lowest BCUT2D eigenvalue weighted by Crippen LogP contribution is -1.98. The van der Waals surface area contributed by atoms with Crippen LogP contribution in [-0.2, 0) is 0 Å². The number of benzene rings is 5. The summed E-state index contributed by atoms with van der Waals surface area (Å²) in [6.45, 7) is 0. The molecule has 0 unspecified atom stereocenters. The Balaban J connectivity index is 1.37. The van der Waals surface area contributed by atoms with Gasteiger partial charge in [0, 0.05) is 43.9 Å². The largest absolute Gasteiger partial charge is 0.308 e. The van der Waals surface area contributed by atoms with Crippen molar-refractivity contribution in [2.45, 2.75) is 0 Å². The molecule has 206 valence electrons. The van der Waals surface area contributed by atoms with Crippen LogP contribution in [0.15, 0.2) is 146 Å². The van der Waals surface area contributed by atoms with Crippen molar-refractivity contribution in [1.29, 1.82) is 0 Å². The molecule has 9 aromatic rings. The maximum absolute atomic E-state index is 5.30. The first kappa shape index (κ1) is 24.9. The summed E-state index contributed by atoms with van der Waals surface area (Å²) in [5.41, 5.74) is 9.48. The molecular formula is C39H24N4S. The Hall–Kier alpha value is -5.65. The zero-order valence-corrected chi connectivity index (χ0v) is 24.4. The van der Waals surface area contributed by atoms with E-state index in [-0.39, 0.29) is 0 Å². The van der Waals surface area contributed by atoms with Crippen LogP contribution in [0, 0.1) is 0 Å². The van der Waals surface area contributed by atoms with Crippen molar-refractivity contribution in [3.63, 3.8) is 0 Å². The second kappa shape index (κ2) is 9.97. The Kier molecular flexibility index (Phi) is 5.64. The molecule has 4 aromatic heterocycles. The van der Waals surface area contributed by atoms with Gasteiger partial charge in [-0.15, -0.1) is 11.3 Å². The van der Waals surface area contributed by atoms with Gasteiger partial charge in [-0.25, -0.2) is 9.97 Å². The van der Waals surface area contributed by atoms with Crippen LogP contribution < -0.4 is 0 Å². The topological polar surface area (TPSA) is 43.6 Å². The van der Waals surface area contributed by atoms with Crippen LogP contribution in [-0.4, -0.2) is 19.5 Å². The normalized spacial score (nSPS) is 11.6. The van der Waals surface area contributed by atoms with Gasteiger partial charge in [0.05, 0.1) is 33.1 Å². The van der Waals surface area contributed by atoms with Crippen LogP contribution in [0.2, 0.25) is 0 Å². The molecule has 0 spiro atoms. The highest BCUT2D eigenvalue weighted by molar-refractivity contribution is 7.26. The first-order chi connectivity index (χ1) is 21.8. The summed E-state index contributed by atoms with van der Waals surface area (Å²) in [6.07, 6.45) is 3.82. The van der Waals surface area contributed by atoms with Gasteiger partial charge in [0.25, 0.3) is 0 Å². The van der Waals surface area contributed by atoms with Crippen molar-refractivity contribution in [1.82, 2.24) is 19.5 Å². The molecule has 44 heavy (non-hydrogen) atoms. The Morgan fingerprint density at radius 1 is 0.523 bits per heavy atom. The number of para-hydroxylation sites is 1. The van der Waals surface area contributed by atoms with Crippen LogP contribution in [0.5, 0.6) is 0 Å². The molecule has 9 rings (SSSR count). The second-order valence-corrected chi connectivity index (χ2v) is 12.0. The molecular weight excluding hydrogens is 557 g/mol. The Labute approximate surface area is 257 Å². The second-order valence-electron chi connectivity index (χ2n) is 10.9. The third-order valence-electron chi connectivity index (χ3n) is 8.28. The highest BCUT2D eigenvalue weighted by Crippen LogP contribution is 2.40. The molecule has 0 aliphatic heterocycles. The van der Waals surface area contributed by atoms with E-state index >= 15 is 0 Å². The molecule has 0 N–H and O–H groups in total. The summed E-state index contributed by atoms with van der Waals surface area (Å²) >= 11 is 1.75. The predicted molar refractivity (Wildman–Crippen MR) is 183 cm³/mol.